The molecule has 1 N–H and O–H groups in total. The quantitative estimate of drug-likeness (QED) is 0.555. The standard InChI is InChI=1S/C6H6O3/c1-4-2-3-9-6(8)5(4)7/h2-3,7H,1H3. The summed E-state index contributed by atoms with van der Waals surface area (Å²) in [7, 11) is 0. The molecular formula is C6H6O3. The van der Waals surface area contributed by atoms with E-state index in [-0.39, 0.29) is 5.75 Å². The maximum absolute atomic E-state index is 10.4. The van der Waals surface area contributed by atoms with Crippen molar-refractivity contribution in [3.05, 3.63) is 28.3 Å². The predicted molar refractivity (Wildman–Crippen MR) is 31.4 cm³/mol. The molecule has 9 heavy (non-hydrogen) atoms. The molecule has 1 aromatic heterocycles. The molecule has 0 saturated carbocycles. The molecule has 0 aliphatic heterocycles. The Balaban J connectivity index is 3.43. The van der Waals surface area contributed by atoms with Gasteiger partial charge < -0.3 is 9.52 Å². The molecule has 0 aliphatic carbocycles. The molecule has 0 aliphatic rings. The van der Waals surface area contributed by atoms with E-state index in [9.17, 15) is 4.79 Å². The molecule has 0 bridgehead atoms. The Labute approximate surface area is 51.6 Å². The minimum Gasteiger partial charge on any atom is -0.502 e. The van der Waals surface area contributed by atoms with Crippen LogP contribution in [0.1, 0.15) is 5.56 Å². The molecule has 1 rings (SSSR count). The number of hydrogen-bond acceptors (Lipinski definition) is 3. The van der Waals surface area contributed by atoms with E-state index in [1.165, 1.54) is 12.3 Å². The zero-order valence-corrected chi connectivity index (χ0v) is 4.92. The third-order valence-electron chi connectivity index (χ3n) is 1.06. The summed E-state index contributed by atoms with van der Waals surface area (Å²) in [6.07, 6.45) is 1.25. The number of aromatic hydroxyl groups is 1. The van der Waals surface area contributed by atoms with E-state index in [0.717, 1.165) is 0 Å². The molecule has 3 nitrogen and oxygen atoms in total. The summed E-state index contributed by atoms with van der Waals surface area (Å²) >= 11 is 0. The topological polar surface area (TPSA) is 50.4 Å². The van der Waals surface area contributed by atoms with Gasteiger partial charge in [0.15, 0.2) is 0 Å². The van der Waals surface area contributed by atoms with Gasteiger partial charge in [-0.15, -0.1) is 0 Å². The van der Waals surface area contributed by atoms with Crippen LogP contribution in [0, 0.1) is 6.92 Å². The van der Waals surface area contributed by atoms with E-state index < -0.39 is 5.63 Å². The second kappa shape index (κ2) is 1.93. The normalized spacial score (nSPS) is 9.44. The predicted octanol–water partition coefficient (Wildman–Crippen LogP) is 0.654. The van der Waals surface area contributed by atoms with E-state index in [2.05, 4.69) is 4.42 Å². The summed E-state index contributed by atoms with van der Waals surface area (Å²) in [5.41, 5.74) is -0.152. The monoisotopic (exact) mass is 126 g/mol. The van der Waals surface area contributed by atoms with Gasteiger partial charge in [0.1, 0.15) is 0 Å². The lowest BCUT2D eigenvalue weighted by Gasteiger charge is -1.90. The Morgan fingerprint density at radius 1 is 1.67 bits per heavy atom. The molecule has 1 aromatic rings. The van der Waals surface area contributed by atoms with E-state index in [1.54, 1.807) is 6.92 Å². The molecule has 0 amide bonds. The summed E-state index contributed by atoms with van der Waals surface area (Å²) in [6.45, 7) is 1.63. The first kappa shape index (κ1) is 5.88. The minimum absolute atomic E-state index is 0.308. The lowest BCUT2D eigenvalue weighted by Crippen LogP contribution is -1.97. The van der Waals surface area contributed by atoms with Crippen LogP contribution >= 0.6 is 0 Å². The second-order valence-electron chi connectivity index (χ2n) is 1.74. The van der Waals surface area contributed by atoms with Crippen LogP contribution < -0.4 is 5.63 Å². The maximum atomic E-state index is 10.4. The van der Waals surface area contributed by atoms with Gasteiger partial charge in [-0.1, -0.05) is 0 Å². The van der Waals surface area contributed by atoms with Crippen LogP contribution in [0.4, 0.5) is 0 Å². The van der Waals surface area contributed by atoms with Crippen LogP contribution in [0.3, 0.4) is 0 Å². The van der Waals surface area contributed by atoms with Crippen LogP contribution in [-0.4, -0.2) is 5.11 Å². The smallest absolute Gasteiger partial charge is 0.378 e. The lowest BCUT2D eigenvalue weighted by molar-refractivity contribution is 0.408. The zero-order valence-electron chi connectivity index (χ0n) is 4.92. The third-order valence-corrected chi connectivity index (χ3v) is 1.06. The van der Waals surface area contributed by atoms with Crippen LogP contribution in [-0.2, 0) is 0 Å². The van der Waals surface area contributed by atoms with Crippen LogP contribution in [0.5, 0.6) is 5.75 Å². The van der Waals surface area contributed by atoms with Crippen LogP contribution in [0.2, 0.25) is 0 Å². The highest BCUT2D eigenvalue weighted by Gasteiger charge is 1.98. The van der Waals surface area contributed by atoms with Gasteiger partial charge in [0.05, 0.1) is 6.26 Å². The van der Waals surface area contributed by atoms with Crippen molar-refractivity contribution in [1.29, 1.82) is 0 Å². The van der Waals surface area contributed by atoms with Crippen molar-refractivity contribution in [1.82, 2.24) is 0 Å². The number of rotatable bonds is 0. The first-order valence-corrected chi connectivity index (χ1v) is 2.49. The highest BCUT2D eigenvalue weighted by molar-refractivity contribution is 5.24. The van der Waals surface area contributed by atoms with Gasteiger partial charge in [-0.05, 0) is 13.0 Å². The van der Waals surface area contributed by atoms with Gasteiger partial charge >= 0.3 is 5.63 Å². The highest BCUT2D eigenvalue weighted by Crippen LogP contribution is 2.06. The number of hydrogen-bond donors (Lipinski definition) is 1. The van der Waals surface area contributed by atoms with Crippen molar-refractivity contribution >= 4 is 0 Å². The van der Waals surface area contributed by atoms with Crippen molar-refractivity contribution in [2.45, 2.75) is 6.92 Å². The molecule has 3 heteroatoms. The summed E-state index contributed by atoms with van der Waals surface area (Å²) in [5.74, 6) is -0.308. The summed E-state index contributed by atoms with van der Waals surface area (Å²) < 4.78 is 4.33. The molecule has 0 fully saturated rings. The SMILES string of the molecule is Cc1ccoc(=O)c1O. The van der Waals surface area contributed by atoms with Crippen molar-refractivity contribution in [2.75, 3.05) is 0 Å². The molecular weight excluding hydrogens is 120 g/mol. The van der Waals surface area contributed by atoms with Gasteiger partial charge in [0.2, 0.25) is 5.75 Å². The zero-order chi connectivity index (χ0) is 6.85. The molecule has 0 saturated heterocycles. The fourth-order valence-corrected chi connectivity index (χ4v) is 0.494. The van der Waals surface area contributed by atoms with Gasteiger partial charge in [-0.25, -0.2) is 4.79 Å². The first-order chi connectivity index (χ1) is 4.22. The molecule has 48 valence electrons. The maximum Gasteiger partial charge on any atom is 0.378 e. The second-order valence-corrected chi connectivity index (χ2v) is 1.74. The van der Waals surface area contributed by atoms with Crippen LogP contribution in [0.15, 0.2) is 21.5 Å². The number of aryl methyl sites for hydroxylation is 1. The third kappa shape index (κ3) is 0.937. The molecule has 0 aromatic carbocycles. The lowest BCUT2D eigenvalue weighted by atomic mass is 10.3. The summed E-state index contributed by atoms with van der Waals surface area (Å²) in [4.78, 5) is 10.4. The molecule has 0 spiro atoms. The van der Waals surface area contributed by atoms with Gasteiger partial charge in [0.25, 0.3) is 0 Å². The van der Waals surface area contributed by atoms with Crippen LogP contribution in [0.25, 0.3) is 0 Å². The molecule has 0 radical (unpaired) electrons. The molecule has 0 atom stereocenters. The van der Waals surface area contributed by atoms with Gasteiger partial charge in [-0.3, -0.25) is 0 Å². The largest absolute Gasteiger partial charge is 0.502 e. The average Bonchev–Trinajstić information content (AvgIpc) is 1.83. The minimum atomic E-state index is -0.685. The fraction of sp³-hybridized carbons (Fsp3) is 0.167. The Hall–Kier alpha value is -1.25. The molecule has 1 heterocycles. The highest BCUT2D eigenvalue weighted by atomic mass is 16.4. The Bertz CT molecular complexity index is 261. The summed E-state index contributed by atoms with van der Waals surface area (Å²) in [5, 5.41) is 8.80. The summed E-state index contributed by atoms with van der Waals surface area (Å²) in [6, 6.07) is 1.52. The van der Waals surface area contributed by atoms with Crippen molar-refractivity contribution < 1.29 is 9.52 Å². The molecule has 0 unspecified atom stereocenters. The van der Waals surface area contributed by atoms with Gasteiger partial charge in [-0.2, -0.15) is 0 Å². The Kier molecular flexibility index (Phi) is 1.26. The van der Waals surface area contributed by atoms with E-state index >= 15 is 0 Å². The van der Waals surface area contributed by atoms with Crippen molar-refractivity contribution in [3.63, 3.8) is 0 Å². The van der Waals surface area contributed by atoms with E-state index in [0.29, 0.717) is 5.56 Å². The first-order valence-electron chi connectivity index (χ1n) is 2.49. The van der Waals surface area contributed by atoms with Gasteiger partial charge in [0, 0.05) is 5.56 Å². The Morgan fingerprint density at radius 2 is 2.33 bits per heavy atom. The fourth-order valence-electron chi connectivity index (χ4n) is 0.494. The average molecular weight is 126 g/mol. The van der Waals surface area contributed by atoms with Crippen molar-refractivity contribution in [3.8, 4) is 5.75 Å². The Morgan fingerprint density at radius 3 is 2.78 bits per heavy atom. The van der Waals surface area contributed by atoms with E-state index in [1.807, 2.05) is 0 Å². The van der Waals surface area contributed by atoms with E-state index in [4.69, 9.17) is 5.11 Å². The van der Waals surface area contributed by atoms with Crippen molar-refractivity contribution in [2.24, 2.45) is 0 Å².